The predicted octanol–water partition coefficient (Wildman–Crippen LogP) is 1.75. The summed E-state index contributed by atoms with van der Waals surface area (Å²) < 4.78 is 0. The van der Waals surface area contributed by atoms with Gasteiger partial charge in [0.2, 0.25) is 5.91 Å². The second-order valence-electron chi connectivity index (χ2n) is 4.99. The maximum Gasteiger partial charge on any atom is 0.326 e. The van der Waals surface area contributed by atoms with Crippen molar-refractivity contribution in [1.82, 2.24) is 5.32 Å². The Labute approximate surface area is 128 Å². The van der Waals surface area contributed by atoms with Crippen LogP contribution in [-0.4, -0.2) is 28.1 Å². The second kappa shape index (κ2) is 7.26. The second-order valence-corrected chi connectivity index (χ2v) is 4.99. The van der Waals surface area contributed by atoms with Crippen LogP contribution in [0.2, 0.25) is 0 Å². The van der Waals surface area contributed by atoms with Crippen molar-refractivity contribution in [3.8, 4) is 5.75 Å². The lowest BCUT2D eigenvalue weighted by Crippen LogP contribution is -2.43. The number of carboxylic acids is 1. The van der Waals surface area contributed by atoms with E-state index >= 15 is 0 Å². The predicted molar refractivity (Wildman–Crippen MR) is 81.5 cm³/mol. The molecule has 0 aromatic heterocycles. The van der Waals surface area contributed by atoms with E-state index in [1.807, 2.05) is 30.3 Å². The minimum atomic E-state index is -1.07. The van der Waals surface area contributed by atoms with Crippen molar-refractivity contribution in [2.45, 2.75) is 18.9 Å². The number of phenolic OH excluding ortho intramolecular Hbond substituents is 1. The molecule has 0 aliphatic rings. The van der Waals surface area contributed by atoms with Gasteiger partial charge in [-0.3, -0.25) is 4.79 Å². The summed E-state index contributed by atoms with van der Waals surface area (Å²) in [6.45, 7) is 0. The number of carbonyl (C=O) groups is 2. The molecule has 5 heteroatoms. The van der Waals surface area contributed by atoms with Crippen LogP contribution in [-0.2, 0) is 22.4 Å². The summed E-state index contributed by atoms with van der Waals surface area (Å²) in [6.07, 6.45) is 0.302. The van der Waals surface area contributed by atoms with Crippen LogP contribution in [0.1, 0.15) is 11.1 Å². The lowest BCUT2D eigenvalue weighted by atomic mass is 10.1. The minimum Gasteiger partial charge on any atom is -0.508 e. The Bertz CT molecular complexity index is 637. The number of hydrogen-bond acceptors (Lipinski definition) is 3. The first-order valence-electron chi connectivity index (χ1n) is 6.88. The zero-order valence-electron chi connectivity index (χ0n) is 11.9. The van der Waals surface area contributed by atoms with Crippen molar-refractivity contribution in [1.29, 1.82) is 0 Å². The molecule has 2 aromatic rings. The van der Waals surface area contributed by atoms with Crippen molar-refractivity contribution < 1.29 is 19.8 Å². The molecular weight excluding hydrogens is 282 g/mol. The maximum absolute atomic E-state index is 12.0. The number of carboxylic acid groups (broad SMARTS) is 1. The fraction of sp³-hybridized carbons (Fsp3) is 0.176. The molecule has 3 N–H and O–H groups in total. The van der Waals surface area contributed by atoms with E-state index < -0.39 is 12.0 Å². The third-order valence-corrected chi connectivity index (χ3v) is 3.22. The molecule has 22 heavy (non-hydrogen) atoms. The number of carbonyl (C=O) groups excluding carboxylic acids is 1. The van der Waals surface area contributed by atoms with Gasteiger partial charge in [0.25, 0.3) is 0 Å². The minimum absolute atomic E-state index is 0.0683. The maximum atomic E-state index is 12.0. The number of aromatic hydroxyl groups is 1. The highest BCUT2D eigenvalue weighted by Crippen LogP contribution is 2.10. The largest absolute Gasteiger partial charge is 0.508 e. The van der Waals surface area contributed by atoms with Crippen LogP contribution in [0.15, 0.2) is 54.6 Å². The van der Waals surface area contributed by atoms with Gasteiger partial charge < -0.3 is 15.5 Å². The van der Waals surface area contributed by atoms with Crippen molar-refractivity contribution in [3.05, 3.63) is 65.7 Å². The summed E-state index contributed by atoms with van der Waals surface area (Å²) in [6, 6.07) is 14.4. The van der Waals surface area contributed by atoms with E-state index in [-0.39, 0.29) is 24.5 Å². The summed E-state index contributed by atoms with van der Waals surface area (Å²) in [5, 5.41) is 21.0. The lowest BCUT2D eigenvalue weighted by Gasteiger charge is -2.14. The van der Waals surface area contributed by atoms with Gasteiger partial charge in [0.05, 0.1) is 6.42 Å². The zero-order chi connectivity index (χ0) is 15.9. The van der Waals surface area contributed by atoms with E-state index in [4.69, 9.17) is 0 Å². The molecule has 0 saturated carbocycles. The fourth-order valence-corrected chi connectivity index (χ4v) is 2.09. The van der Waals surface area contributed by atoms with Gasteiger partial charge in [-0.05, 0) is 23.3 Å². The van der Waals surface area contributed by atoms with Crippen molar-refractivity contribution >= 4 is 11.9 Å². The number of rotatable bonds is 6. The highest BCUT2D eigenvalue weighted by molar-refractivity contribution is 5.85. The molecule has 1 unspecified atom stereocenters. The number of hydrogen-bond donors (Lipinski definition) is 3. The molecule has 0 saturated heterocycles. The summed E-state index contributed by atoms with van der Waals surface area (Å²) >= 11 is 0. The molecule has 0 aliphatic carbocycles. The van der Waals surface area contributed by atoms with Crippen LogP contribution in [0.3, 0.4) is 0 Å². The molecule has 0 aliphatic heterocycles. The first kappa shape index (κ1) is 15.6. The van der Waals surface area contributed by atoms with Gasteiger partial charge in [-0.2, -0.15) is 0 Å². The average molecular weight is 299 g/mol. The van der Waals surface area contributed by atoms with Gasteiger partial charge in [-0.15, -0.1) is 0 Å². The van der Waals surface area contributed by atoms with Crippen LogP contribution in [0.5, 0.6) is 5.75 Å². The monoisotopic (exact) mass is 299 g/mol. The third kappa shape index (κ3) is 4.63. The summed E-state index contributed by atoms with van der Waals surface area (Å²) in [7, 11) is 0. The van der Waals surface area contributed by atoms with Gasteiger partial charge >= 0.3 is 5.97 Å². The van der Waals surface area contributed by atoms with E-state index in [0.29, 0.717) is 5.56 Å². The number of nitrogens with one attached hydrogen (secondary N) is 1. The number of phenols is 1. The molecule has 0 bridgehead atoms. The molecule has 2 aromatic carbocycles. The van der Waals surface area contributed by atoms with Crippen molar-refractivity contribution in [2.75, 3.05) is 0 Å². The Morgan fingerprint density at radius 2 is 1.59 bits per heavy atom. The molecule has 114 valence electrons. The Morgan fingerprint density at radius 1 is 0.955 bits per heavy atom. The van der Waals surface area contributed by atoms with E-state index in [2.05, 4.69) is 5.32 Å². The summed E-state index contributed by atoms with van der Waals surface area (Å²) in [5.41, 5.74) is 1.55. The molecule has 1 amide bonds. The van der Waals surface area contributed by atoms with Gasteiger partial charge in [0, 0.05) is 6.42 Å². The fourth-order valence-electron chi connectivity index (χ4n) is 2.09. The van der Waals surface area contributed by atoms with E-state index in [0.717, 1.165) is 5.56 Å². The Hall–Kier alpha value is -2.82. The van der Waals surface area contributed by atoms with E-state index in [9.17, 15) is 19.8 Å². The highest BCUT2D eigenvalue weighted by Gasteiger charge is 2.20. The molecule has 2 rings (SSSR count). The topological polar surface area (TPSA) is 86.6 Å². The first-order chi connectivity index (χ1) is 10.5. The lowest BCUT2D eigenvalue weighted by molar-refractivity contribution is -0.141. The van der Waals surface area contributed by atoms with Crippen LogP contribution in [0, 0.1) is 0 Å². The van der Waals surface area contributed by atoms with E-state index in [1.54, 1.807) is 12.1 Å². The first-order valence-corrected chi connectivity index (χ1v) is 6.88. The standard InChI is InChI=1S/C17H17NO4/c19-14-8-6-13(7-9-14)11-16(20)18-15(17(21)22)10-12-4-2-1-3-5-12/h1-9,15,19H,10-11H2,(H,18,20)(H,21,22). The molecule has 0 spiro atoms. The number of aliphatic carboxylic acids is 1. The van der Waals surface area contributed by atoms with Crippen LogP contribution in [0.4, 0.5) is 0 Å². The van der Waals surface area contributed by atoms with Crippen molar-refractivity contribution in [3.63, 3.8) is 0 Å². The molecule has 0 heterocycles. The summed E-state index contributed by atoms with van der Waals surface area (Å²) in [4.78, 5) is 23.3. The van der Waals surface area contributed by atoms with Gasteiger partial charge in [-0.1, -0.05) is 42.5 Å². The third-order valence-electron chi connectivity index (χ3n) is 3.22. The van der Waals surface area contributed by atoms with Crippen LogP contribution in [0.25, 0.3) is 0 Å². The van der Waals surface area contributed by atoms with Gasteiger partial charge in [0.1, 0.15) is 11.8 Å². The Balaban J connectivity index is 1.97. The Morgan fingerprint density at radius 3 is 2.18 bits per heavy atom. The van der Waals surface area contributed by atoms with Crippen LogP contribution >= 0.6 is 0 Å². The van der Waals surface area contributed by atoms with Crippen molar-refractivity contribution in [2.24, 2.45) is 0 Å². The molecule has 0 fully saturated rings. The highest BCUT2D eigenvalue weighted by atomic mass is 16.4. The van der Waals surface area contributed by atoms with E-state index in [1.165, 1.54) is 12.1 Å². The average Bonchev–Trinajstić information content (AvgIpc) is 2.50. The number of amides is 1. The Kier molecular flexibility index (Phi) is 5.14. The van der Waals surface area contributed by atoms with Gasteiger partial charge in [0.15, 0.2) is 0 Å². The van der Waals surface area contributed by atoms with Gasteiger partial charge in [-0.25, -0.2) is 4.79 Å². The summed E-state index contributed by atoms with van der Waals surface area (Å²) in [5.74, 6) is -1.31. The normalized spacial score (nSPS) is 11.6. The SMILES string of the molecule is O=C(Cc1ccc(O)cc1)NC(Cc1ccccc1)C(=O)O. The van der Waals surface area contributed by atoms with Crippen LogP contribution < -0.4 is 5.32 Å². The zero-order valence-corrected chi connectivity index (χ0v) is 11.9. The quantitative estimate of drug-likeness (QED) is 0.758. The molecule has 0 radical (unpaired) electrons. The number of benzene rings is 2. The smallest absolute Gasteiger partial charge is 0.326 e. The molecule has 1 atom stereocenters. The molecule has 5 nitrogen and oxygen atoms in total. The molecular formula is C17H17NO4.